The lowest BCUT2D eigenvalue weighted by molar-refractivity contribution is -0.900. The van der Waals surface area contributed by atoms with Crippen LogP contribution in [-0.2, 0) is 9.84 Å². The molecule has 1 fully saturated rings. The number of nitrogens with one attached hydrogen (secondary N) is 1. The number of benzene rings is 2. The van der Waals surface area contributed by atoms with Gasteiger partial charge in [-0.1, -0.05) is 18.2 Å². The van der Waals surface area contributed by atoms with Crippen LogP contribution in [0.4, 0.5) is 11.4 Å². The van der Waals surface area contributed by atoms with Crippen molar-refractivity contribution in [3.63, 3.8) is 0 Å². The Balaban J connectivity index is 1.59. The first kappa shape index (κ1) is 21.1. The number of anilines is 1. The van der Waals surface area contributed by atoms with Crippen molar-refractivity contribution in [2.75, 3.05) is 50.5 Å². The quantitative estimate of drug-likeness (QED) is 0.532. The molecule has 0 bridgehead atoms. The van der Waals surface area contributed by atoms with Crippen LogP contribution in [0.1, 0.15) is 5.56 Å². The number of nitrogens with zero attached hydrogens (tertiary/aromatic N) is 2. The largest absolute Gasteiger partial charge is 0.487 e. The Morgan fingerprint density at radius 1 is 1.17 bits per heavy atom. The van der Waals surface area contributed by atoms with Crippen molar-refractivity contribution in [3.8, 4) is 5.75 Å². The maximum atomic E-state index is 11.7. The molecular formula is C20H26N3O5S+. The molecule has 0 unspecified atom stereocenters. The fraction of sp³-hybridized carbons (Fsp3) is 0.400. The molecule has 0 aromatic heterocycles. The van der Waals surface area contributed by atoms with Gasteiger partial charge in [0.1, 0.15) is 24.6 Å². The summed E-state index contributed by atoms with van der Waals surface area (Å²) >= 11 is 0. The normalized spacial score (nSPS) is 15.3. The molecule has 9 heteroatoms. The van der Waals surface area contributed by atoms with Gasteiger partial charge in [-0.2, -0.15) is 0 Å². The van der Waals surface area contributed by atoms with Crippen molar-refractivity contribution >= 4 is 21.2 Å². The second kappa shape index (κ2) is 8.79. The average molecular weight is 421 g/mol. The second-order valence-corrected chi connectivity index (χ2v) is 9.30. The lowest BCUT2D eigenvalue weighted by atomic mass is 10.2. The van der Waals surface area contributed by atoms with Gasteiger partial charge < -0.3 is 14.5 Å². The van der Waals surface area contributed by atoms with E-state index in [1.807, 2.05) is 36.1 Å². The number of rotatable bonds is 7. The van der Waals surface area contributed by atoms with Gasteiger partial charge in [-0.3, -0.25) is 10.1 Å². The molecule has 1 heterocycles. The summed E-state index contributed by atoms with van der Waals surface area (Å²) in [4.78, 5) is 14.3. The van der Waals surface area contributed by atoms with Gasteiger partial charge in [-0.25, -0.2) is 8.42 Å². The van der Waals surface area contributed by atoms with Gasteiger partial charge in [0.25, 0.3) is 5.69 Å². The van der Waals surface area contributed by atoms with E-state index in [1.54, 1.807) is 6.07 Å². The van der Waals surface area contributed by atoms with Crippen LogP contribution in [0.5, 0.6) is 5.75 Å². The summed E-state index contributed by atoms with van der Waals surface area (Å²) in [6.07, 6.45) is 1.05. The SMILES string of the molecule is Cc1ccccc1OCC[NH+]1CCN(c2ccc(S(C)(=O)=O)cc2[N+](=O)[O-])CC1. The van der Waals surface area contributed by atoms with Gasteiger partial charge in [0, 0.05) is 12.3 Å². The summed E-state index contributed by atoms with van der Waals surface area (Å²) in [6.45, 7) is 6.49. The molecule has 8 nitrogen and oxygen atoms in total. The van der Waals surface area contributed by atoms with E-state index in [-0.39, 0.29) is 10.6 Å². The number of sulfone groups is 1. The van der Waals surface area contributed by atoms with Crippen molar-refractivity contribution in [3.05, 3.63) is 58.1 Å². The van der Waals surface area contributed by atoms with E-state index in [9.17, 15) is 18.5 Å². The Kier molecular flexibility index (Phi) is 6.39. The van der Waals surface area contributed by atoms with Crippen LogP contribution in [0, 0.1) is 17.0 Å². The van der Waals surface area contributed by atoms with E-state index in [2.05, 4.69) is 0 Å². The fourth-order valence-corrected chi connectivity index (χ4v) is 4.13. The number of para-hydroxylation sites is 1. The highest BCUT2D eigenvalue weighted by molar-refractivity contribution is 7.90. The molecule has 0 saturated carbocycles. The number of hydrogen-bond acceptors (Lipinski definition) is 6. The van der Waals surface area contributed by atoms with Gasteiger partial charge in [0.15, 0.2) is 9.84 Å². The number of nitro groups is 1. The average Bonchev–Trinajstić information content (AvgIpc) is 2.69. The van der Waals surface area contributed by atoms with Gasteiger partial charge in [0.2, 0.25) is 0 Å². The van der Waals surface area contributed by atoms with Gasteiger partial charge in [-0.05, 0) is 30.7 Å². The molecule has 2 aromatic rings. The first-order valence-corrected chi connectivity index (χ1v) is 11.4. The van der Waals surface area contributed by atoms with Crippen molar-refractivity contribution in [1.29, 1.82) is 0 Å². The van der Waals surface area contributed by atoms with Crippen LogP contribution < -0.4 is 14.5 Å². The molecule has 1 aliphatic heterocycles. The minimum Gasteiger partial charge on any atom is -0.487 e. The number of nitro benzene ring substituents is 1. The second-order valence-electron chi connectivity index (χ2n) is 7.28. The van der Waals surface area contributed by atoms with Crippen LogP contribution in [0.3, 0.4) is 0 Å². The molecular weight excluding hydrogens is 394 g/mol. The fourth-order valence-electron chi connectivity index (χ4n) is 3.49. The predicted molar refractivity (Wildman–Crippen MR) is 111 cm³/mol. The zero-order valence-corrected chi connectivity index (χ0v) is 17.4. The summed E-state index contributed by atoms with van der Waals surface area (Å²) in [5.41, 5.74) is 1.41. The predicted octanol–water partition coefficient (Wildman–Crippen LogP) is 1.09. The molecule has 156 valence electrons. The zero-order valence-electron chi connectivity index (χ0n) is 16.6. The maximum Gasteiger partial charge on any atom is 0.293 e. The number of aryl methyl sites for hydroxylation is 1. The Hall–Kier alpha value is -2.65. The summed E-state index contributed by atoms with van der Waals surface area (Å²) in [5, 5.41) is 11.5. The van der Waals surface area contributed by atoms with Gasteiger partial charge in [-0.15, -0.1) is 0 Å². The molecule has 1 saturated heterocycles. The Labute approximate surface area is 170 Å². The molecule has 1 N–H and O–H groups in total. The molecule has 0 atom stereocenters. The van der Waals surface area contributed by atoms with Gasteiger partial charge >= 0.3 is 0 Å². The highest BCUT2D eigenvalue weighted by Crippen LogP contribution is 2.30. The zero-order chi connectivity index (χ0) is 21.0. The molecule has 2 aromatic carbocycles. The molecule has 29 heavy (non-hydrogen) atoms. The first-order valence-electron chi connectivity index (χ1n) is 9.51. The monoisotopic (exact) mass is 420 g/mol. The van der Waals surface area contributed by atoms with Crippen molar-refractivity contribution in [2.45, 2.75) is 11.8 Å². The topological polar surface area (TPSA) is 94.2 Å². The molecule has 0 radical (unpaired) electrons. The van der Waals surface area contributed by atoms with E-state index >= 15 is 0 Å². The summed E-state index contributed by atoms with van der Waals surface area (Å²) in [6, 6.07) is 12.0. The van der Waals surface area contributed by atoms with Crippen molar-refractivity contribution < 1.29 is 23.0 Å². The summed E-state index contributed by atoms with van der Waals surface area (Å²) in [7, 11) is -3.49. The molecule has 0 spiro atoms. The Bertz CT molecular complexity index is 985. The standard InChI is InChI=1S/C20H25N3O5S/c1-16-5-3-4-6-20(16)28-14-13-21-9-11-22(12-10-21)18-8-7-17(29(2,26)27)15-19(18)23(24)25/h3-8,15H,9-14H2,1-2H3/p+1. The summed E-state index contributed by atoms with van der Waals surface area (Å²) in [5.74, 6) is 0.895. The highest BCUT2D eigenvalue weighted by atomic mass is 32.2. The van der Waals surface area contributed by atoms with E-state index in [4.69, 9.17) is 4.74 Å². The van der Waals surface area contributed by atoms with Crippen LogP contribution >= 0.6 is 0 Å². The summed E-state index contributed by atoms with van der Waals surface area (Å²) < 4.78 is 29.3. The van der Waals surface area contributed by atoms with Crippen molar-refractivity contribution in [2.24, 2.45) is 0 Å². The Morgan fingerprint density at radius 2 is 1.86 bits per heavy atom. The number of piperazine rings is 1. The van der Waals surface area contributed by atoms with Crippen molar-refractivity contribution in [1.82, 2.24) is 0 Å². The number of quaternary nitrogens is 1. The minimum atomic E-state index is -3.49. The van der Waals surface area contributed by atoms with E-state index < -0.39 is 14.8 Å². The number of hydrogen-bond donors (Lipinski definition) is 1. The molecule has 3 rings (SSSR count). The van der Waals surface area contributed by atoms with Crippen LogP contribution in [0.15, 0.2) is 47.4 Å². The third kappa shape index (κ3) is 5.24. The molecule has 0 amide bonds. The molecule has 0 aliphatic carbocycles. The van der Waals surface area contributed by atoms with E-state index in [0.29, 0.717) is 25.4 Å². The Morgan fingerprint density at radius 3 is 2.48 bits per heavy atom. The lowest BCUT2D eigenvalue weighted by Crippen LogP contribution is -3.15. The maximum absolute atomic E-state index is 11.7. The lowest BCUT2D eigenvalue weighted by Gasteiger charge is -2.33. The third-order valence-electron chi connectivity index (χ3n) is 5.19. The minimum absolute atomic E-state index is 0.0365. The van der Waals surface area contributed by atoms with E-state index in [1.165, 1.54) is 11.0 Å². The molecule has 1 aliphatic rings. The highest BCUT2D eigenvalue weighted by Gasteiger charge is 2.27. The smallest absolute Gasteiger partial charge is 0.293 e. The van der Waals surface area contributed by atoms with Crippen LogP contribution in [0.25, 0.3) is 0 Å². The van der Waals surface area contributed by atoms with Crippen LogP contribution in [-0.4, -0.2) is 58.9 Å². The van der Waals surface area contributed by atoms with Crippen LogP contribution in [0.2, 0.25) is 0 Å². The van der Waals surface area contributed by atoms with E-state index in [0.717, 1.165) is 43.3 Å². The first-order chi connectivity index (χ1) is 13.8. The van der Waals surface area contributed by atoms with Gasteiger partial charge in [0.05, 0.1) is 36.0 Å². The third-order valence-corrected chi connectivity index (χ3v) is 6.30. The number of ether oxygens (including phenoxy) is 1.